The largest absolute Gasteiger partial charge is 0.497 e. The highest BCUT2D eigenvalue weighted by Crippen LogP contribution is 2.41. The number of nitrogens with zero attached hydrogens (tertiary/aromatic N) is 8. The molecule has 6 amide bonds. The quantitative estimate of drug-likeness (QED) is 0.0231. The van der Waals surface area contributed by atoms with E-state index >= 15 is 0 Å². The molecule has 10 heterocycles. The van der Waals surface area contributed by atoms with E-state index in [0.717, 1.165) is 188 Å². The van der Waals surface area contributed by atoms with Crippen LogP contribution in [0, 0.1) is 13.8 Å². The SMILES string of the molecule is CC.CC.COc1ccc2c(c1)c(C1=C(Cc3c[nH]c4ccccc34)C(=O)NC1)cn2CCCN(C)C.COc1ccc2c(c1)c(C1=C(Cc3c[nH]c4ccccc34)C(=O)NC1=O)cn2CCCN(C)C.Cc1ccc(CC2=C(c3cn(CCCN(C)C)c4ccccc34)C(=O)NC2=O)cc1.Cc1ccc(CC2=C(c3cn(CCCN(C)C)c4ccccc34)CNC2=O)cc1. The first-order valence-corrected chi connectivity index (χ1v) is 45.5. The first-order chi connectivity index (χ1) is 63.0. The second kappa shape index (κ2) is 43.6. The van der Waals surface area contributed by atoms with Gasteiger partial charge in [0, 0.05) is 212 Å². The Balaban J connectivity index is 0.000000146. The van der Waals surface area contributed by atoms with Crippen molar-refractivity contribution < 1.29 is 38.2 Å². The molecule has 6 N–H and O–H groups in total. The number of nitrogens with one attached hydrogen (secondary N) is 6. The predicted octanol–water partition coefficient (Wildman–Crippen LogP) is 17.6. The van der Waals surface area contributed by atoms with Crippen LogP contribution in [0.1, 0.15) is 109 Å². The molecular formula is C108H126N14O8. The summed E-state index contributed by atoms with van der Waals surface area (Å²) in [5.41, 5.74) is 23.2. The first-order valence-electron chi connectivity index (χ1n) is 45.5. The van der Waals surface area contributed by atoms with Crippen LogP contribution in [0.15, 0.2) is 241 Å². The third-order valence-electron chi connectivity index (χ3n) is 24.2. The minimum atomic E-state index is -0.352. The number of methoxy groups -OCH3 is 2. The smallest absolute Gasteiger partial charge is 0.259 e. The van der Waals surface area contributed by atoms with Crippen LogP contribution in [-0.4, -0.2) is 193 Å². The number of aromatic amines is 2. The van der Waals surface area contributed by atoms with Crippen molar-refractivity contribution in [2.75, 3.05) is 110 Å². The Hall–Kier alpha value is -13.4. The van der Waals surface area contributed by atoms with Crippen molar-refractivity contribution in [3.8, 4) is 11.5 Å². The molecule has 0 atom stereocenters. The Kier molecular flexibility index (Phi) is 31.6. The van der Waals surface area contributed by atoms with Gasteiger partial charge in [0.1, 0.15) is 11.5 Å². The Labute approximate surface area is 763 Å². The van der Waals surface area contributed by atoms with Crippen molar-refractivity contribution in [1.82, 2.24) is 69.1 Å². The number of imide groups is 2. The van der Waals surface area contributed by atoms with Crippen LogP contribution in [0.4, 0.5) is 0 Å². The minimum Gasteiger partial charge on any atom is -0.497 e. The second-order valence-electron chi connectivity index (χ2n) is 34.3. The molecule has 22 heteroatoms. The van der Waals surface area contributed by atoms with Gasteiger partial charge in [0.25, 0.3) is 23.6 Å². The van der Waals surface area contributed by atoms with E-state index in [1.807, 2.05) is 163 Å². The average molecular weight is 1750 g/mol. The van der Waals surface area contributed by atoms with E-state index in [-0.39, 0.29) is 35.4 Å². The number of carbonyl (C=O) groups excluding carboxylic acids is 6. The van der Waals surface area contributed by atoms with E-state index in [0.29, 0.717) is 66.8 Å². The third kappa shape index (κ3) is 21.8. The van der Waals surface area contributed by atoms with Crippen molar-refractivity contribution in [2.45, 2.75) is 119 Å². The monoisotopic (exact) mass is 1750 g/mol. The molecule has 4 aliphatic rings. The number of rotatable bonds is 30. The van der Waals surface area contributed by atoms with Gasteiger partial charge in [-0.2, -0.15) is 0 Å². The fourth-order valence-corrected chi connectivity index (χ4v) is 17.7. The number of amides is 6. The molecule has 22 nitrogen and oxygen atoms in total. The van der Waals surface area contributed by atoms with E-state index in [2.05, 4.69) is 224 Å². The topological polar surface area (TPSA) is 233 Å². The number of aryl methyl sites for hydroxylation is 6. The number of benzene rings is 8. The van der Waals surface area contributed by atoms with Crippen molar-refractivity contribution in [3.05, 3.63) is 297 Å². The molecule has 18 rings (SSSR count). The van der Waals surface area contributed by atoms with Gasteiger partial charge in [0.15, 0.2) is 0 Å². The highest BCUT2D eigenvalue weighted by atomic mass is 16.5. The van der Waals surface area contributed by atoms with Crippen molar-refractivity contribution in [1.29, 1.82) is 0 Å². The number of hydrogen-bond acceptors (Lipinski definition) is 12. The molecule has 0 unspecified atom stereocenters. The first kappa shape index (κ1) is 94.2. The molecule has 0 aliphatic carbocycles. The molecule has 0 bridgehead atoms. The van der Waals surface area contributed by atoms with Gasteiger partial charge in [-0.1, -0.05) is 160 Å². The number of ether oxygens (including phenoxy) is 2. The molecule has 676 valence electrons. The third-order valence-corrected chi connectivity index (χ3v) is 24.2. The van der Waals surface area contributed by atoms with Crippen molar-refractivity contribution in [2.24, 2.45) is 0 Å². The fraction of sp³-hybridized carbons (Fsp3) is 0.315. The summed E-state index contributed by atoms with van der Waals surface area (Å²) < 4.78 is 20.0. The number of para-hydroxylation sites is 4. The Morgan fingerprint density at radius 3 is 1.05 bits per heavy atom. The highest BCUT2D eigenvalue weighted by molar-refractivity contribution is 6.38. The van der Waals surface area contributed by atoms with E-state index in [9.17, 15) is 28.8 Å². The Bertz CT molecular complexity index is 6560. The summed E-state index contributed by atoms with van der Waals surface area (Å²) in [6.07, 6.45) is 18.6. The van der Waals surface area contributed by atoms with Crippen LogP contribution in [0.3, 0.4) is 0 Å². The predicted molar refractivity (Wildman–Crippen MR) is 530 cm³/mol. The summed E-state index contributed by atoms with van der Waals surface area (Å²) in [5.74, 6) is 0.334. The normalized spacial score (nSPS) is 13.8. The average Bonchev–Trinajstić information content (AvgIpc) is 1.63. The number of fused-ring (bicyclic) bond motifs is 6. The van der Waals surface area contributed by atoms with Gasteiger partial charge >= 0.3 is 0 Å². The lowest BCUT2D eigenvalue weighted by Crippen LogP contribution is -2.23. The molecule has 8 aromatic carbocycles. The van der Waals surface area contributed by atoms with Crippen molar-refractivity contribution in [3.63, 3.8) is 0 Å². The van der Waals surface area contributed by atoms with Gasteiger partial charge in [-0.25, -0.2) is 0 Å². The van der Waals surface area contributed by atoms with Gasteiger partial charge in [-0.05, 0) is 216 Å². The molecule has 0 spiro atoms. The van der Waals surface area contributed by atoms with Crippen LogP contribution < -0.4 is 30.7 Å². The summed E-state index contributed by atoms with van der Waals surface area (Å²) in [6.45, 7) is 20.9. The molecule has 130 heavy (non-hydrogen) atoms. The van der Waals surface area contributed by atoms with E-state index in [1.54, 1.807) is 14.2 Å². The lowest BCUT2D eigenvalue weighted by Gasteiger charge is -2.10. The van der Waals surface area contributed by atoms with Crippen LogP contribution in [0.5, 0.6) is 11.5 Å². The second-order valence-corrected chi connectivity index (χ2v) is 34.3. The lowest BCUT2D eigenvalue weighted by molar-refractivity contribution is -0.125. The molecule has 0 saturated heterocycles. The summed E-state index contributed by atoms with van der Waals surface area (Å²) in [5, 5.41) is 17.6. The highest BCUT2D eigenvalue weighted by Gasteiger charge is 2.36. The maximum Gasteiger partial charge on any atom is 0.259 e. The summed E-state index contributed by atoms with van der Waals surface area (Å²) in [4.78, 5) is 92.3. The van der Waals surface area contributed by atoms with Gasteiger partial charge in [-0.15, -0.1) is 0 Å². The minimum absolute atomic E-state index is 0.0201. The van der Waals surface area contributed by atoms with E-state index < -0.39 is 0 Å². The van der Waals surface area contributed by atoms with Gasteiger partial charge in [0.05, 0.1) is 25.4 Å². The van der Waals surface area contributed by atoms with Crippen molar-refractivity contribution >= 4 is 123 Å². The maximum atomic E-state index is 13.1. The number of H-pyrrole nitrogens is 2. The van der Waals surface area contributed by atoms with Gasteiger partial charge in [-0.3, -0.25) is 39.4 Å². The summed E-state index contributed by atoms with van der Waals surface area (Å²) >= 11 is 0. The van der Waals surface area contributed by atoms with Gasteiger partial charge < -0.3 is 67.9 Å². The zero-order valence-corrected chi connectivity index (χ0v) is 78.4. The van der Waals surface area contributed by atoms with E-state index in [4.69, 9.17) is 9.47 Å². The number of carbonyl (C=O) groups is 6. The molecule has 0 radical (unpaired) electrons. The molecule has 4 aliphatic heterocycles. The number of hydrogen-bond donors (Lipinski definition) is 6. The summed E-state index contributed by atoms with van der Waals surface area (Å²) in [7, 11) is 20.0. The Morgan fingerprint density at radius 1 is 0.331 bits per heavy atom. The summed E-state index contributed by atoms with van der Waals surface area (Å²) in [6, 6.07) is 61.5. The lowest BCUT2D eigenvalue weighted by atomic mass is 9.96. The maximum absolute atomic E-state index is 13.1. The molecular weight excluding hydrogens is 1620 g/mol. The molecule has 0 fully saturated rings. The van der Waals surface area contributed by atoms with Gasteiger partial charge in [0.2, 0.25) is 11.8 Å². The molecule has 0 saturated carbocycles. The molecule has 6 aromatic heterocycles. The zero-order chi connectivity index (χ0) is 92.4. The fourth-order valence-electron chi connectivity index (χ4n) is 17.7. The van der Waals surface area contributed by atoms with Crippen LogP contribution >= 0.6 is 0 Å². The molecule has 14 aromatic rings. The Morgan fingerprint density at radius 2 is 0.646 bits per heavy atom. The van der Waals surface area contributed by atoms with E-state index in [1.165, 1.54) is 38.7 Å². The standard InChI is InChI=1S/C27H28N4O3.C27H30N4O2.C25H27N3O2.C25H29N3O.2C2H6/c1-30(2)11-6-12-31-16-22(20-14-18(34-3)9-10-24(20)31)25-21(26(32)29-27(25)33)13-17-15-28-23-8-5-4-7-19(17)23;1-30(2)11-6-12-31-17-24(21-14-19(33-3)9-10-26(21)31)23-16-29-27(32)22(23)13-18-15-28-25-8-5-4-7-20(18)25;1-17-9-11-18(12-10-17)15-20-23(25(30)26-24(20)29)21-16-28(14-6-13-27(2)3)22-8-5-4-7-19(21)22;1-18-9-11-19(12-10-18)15-21-22(16-26-25(21)29)23-17-28(14-6-13-27(2)3)24-8-5-4-7-20(23)24;2*1-2/h4-5,7-10,14-16,28H,6,11-13H2,1-3H3,(H,29,32,33);4-5,7-10,14-15,17,28H,6,11-13,16H2,1-3H3,(H,29,32);4-5,7-12,16H,6,13-15H2,1-3H3,(H,26,29,30);4-5,7-12,17H,6,13-16H2,1-3H3,(H,26,29);2*1-2H3. The van der Waals surface area contributed by atoms with Crippen LogP contribution in [0.2, 0.25) is 0 Å². The van der Waals surface area contributed by atoms with Crippen LogP contribution in [-0.2, 0) is 80.6 Å². The number of aromatic nitrogens is 6. The zero-order valence-electron chi connectivity index (χ0n) is 78.4. The van der Waals surface area contributed by atoms with Crippen LogP contribution in [0.25, 0.3) is 87.7 Å².